The van der Waals surface area contributed by atoms with E-state index in [4.69, 9.17) is 0 Å². The summed E-state index contributed by atoms with van der Waals surface area (Å²) in [6.07, 6.45) is 6.98. The molecule has 0 aromatic rings. The van der Waals surface area contributed by atoms with Crippen molar-refractivity contribution in [1.29, 1.82) is 0 Å². The predicted molar refractivity (Wildman–Crippen MR) is 62.7 cm³/mol. The molecule has 1 aliphatic rings. The summed E-state index contributed by atoms with van der Waals surface area (Å²) in [6, 6.07) is 0.811. The Hall–Kier alpha value is -0.0800. The monoisotopic (exact) mass is 198 g/mol. The van der Waals surface area contributed by atoms with Crippen LogP contribution in [0.2, 0.25) is 0 Å². The first-order chi connectivity index (χ1) is 6.88. The average Bonchev–Trinajstić information content (AvgIpc) is 2.25. The number of likely N-dealkylation sites (N-methyl/N-ethyl adjacent to an activating group) is 1. The van der Waals surface area contributed by atoms with Gasteiger partial charge in [-0.3, -0.25) is 4.90 Å². The number of nitrogens with one attached hydrogen (secondary N) is 1. The van der Waals surface area contributed by atoms with Gasteiger partial charge >= 0.3 is 0 Å². The van der Waals surface area contributed by atoms with Gasteiger partial charge in [0.1, 0.15) is 0 Å². The average molecular weight is 198 g/mol. The Morgan fingerprint density at radius 3 is 2.79 bits per heavy atom. The van der Waals surface area contributed by atoms with Gasteiger partial charge in [-0.25, -0.2) is 0 Å². The first kappa shape index (κ1) is 12.0. The van der Waals surface area contributed by atoms with E-state index in [2.05, 4.69) is 24.1 Å². The number of piperazine rings is 1. The largest absolute Gasteiger partial charge is 0.314 e. The van der Waals surface area contributed by atoms with Crippen LogP contribution in [0.4, 0.5) is 0 Å². The van der Waals surface area contributed by atoms with Crippen molar-refractivity contribution < 1.29 is 0 Å². The second kappa shape index (κ2) is 7.24. The molecule has 1 N–H and O–H groups in total. The Morgan fingerprint density at radius 2 is 2.07 bits per heavy atom. The fourth-order valence-corrected chi connectivity index (χ4v) is 2.31. The van der Waals surface area contributed by atoms with Crippen LogP contribution in [0.25, 0.3) is 0 Å². The van der Waals surface area contributed by atoms with Gasteiger partial charge < -0.3 is 5.32 Å². The van der Waals surface area contributed by atoms with Gasteiger partial charge in [-0.1, -0.05) is 39.5 Å². The smallest absolute Gasteiger partial charge is 0.0221 e. The molecule has 0 aliphatic carbocycles. The van der Waals surface area contributed by atoms with E-state index in [1.54, 1.807) is 0 Å². The van der Waals surface area contributed by atoms with Crippen molar-refractivity contribution >= 4 is 0 Å². The summed E-state index contributed by atoms with van der Waals surface area (Å²) < 4.78 is 0. The molecule has 84 valence electrons. The van der Waals surface area contributed by atoms with Crippen molar-refractivity contribution in [3.05, 3.63) is 0 Å². The van der Waals surface area contributed by atoms with Crippen LogP contribution in [0.3, 0.4) is 0 Å². The standard InChI is InChI=1S/C12H26N2/c1-3-5-6-7-8-12-11-13-9-10-14(12)4-2/h12-13H,3-11H2,1-2H3. The molecule has 2 heteroatoms. The zero-order valence-corrected chi connectivity index (χ0v) is 9.89. The Morgan fingerprint density at radius 1 is 1.21 bits per heavy atom. The lowest BCUT2D eigenvalue weighted by molar-refractivity contribution is 0.158. The fraction of sp³-hybridized carbons (Fsp3) is 1.00. The predicted octanol–water partition coefficient (Wildman–Crippen LogP) is 2.25. The zero-order valence-electron chi connectivity index (χ0n) is 9.89. The van der Waals surface area contributed by atoms with Crippen molar-refractivity contribution in [1.82, 2.24) is 10.2 Å². The van der Waals surface area contributed by atoms with Crippen LogP contribution in [-0.4, -0.2) is 37.1 Å². The second-order valence-electron chi connectivity index (χ2n) is 4.34. The van der Waals surface area contributed by atoms with E-state index in [1.807, 2.05) is 0 Å². The Bertz CT molecular complexity index is 136. The van der Waals surface area contributed by atoms with Crippen molar-refractivity contribution in [2.75, 3.05) is 26.2 Å². The molecule has 1 heterocycles. The number of rotatable bonds is 6. The summed E-state index contributed by atoms with van der Waals surface area (Å²) in [7, 11) is 0. The van der Waals surface area contributed by atoms with Gasteiger partial charge in [0.05, 0.1) is 0 Å². The Kier molecular flexibility index (Phi) is 6.20. The lowest BCUT2D eigenvalue weighted by Gasteiger charge is -2.35. The van der Waals surface area contributed by atoms with Crippen molar-refractivity contribution in [2.24, 2.45) is 0 Å². The van der Waals surface area contributed by atoms with E-state index in [0.717, 1.165) is 6.04 Å². The molecular weight excluding hydrogens is 172 g/mol. The summed E-state index contributed by atoms with van der Waals surface area (Å²) in [5.41, 5.74) is 0. The quantitative estimate of drug-likeness (QED) is 0.659. The topological polar surface area (TPSA) is 15.3 Å². The van der Waals surface area contributed by atoms with Gasteiger partial charge in [0, 0.05) is 25.7 Å². The van der Waals surface area contributed by atoms with Crippen LogP contribution in [0.1, 0.15) is 46.0 Å². The molecule has 0 aromatic carbocycles. The Labute approximate surface area is 89.1 Å². The molecule has 1 atom stereocenters. The highest BCUT2D eigenvalue weighted by molar-refractivity contribution is 4.78. The van der Waals surface area contributed by atoms with Crippen molar-refractivity contribution in [3.8, 4) is 0 Å². The molecule has 2 nitrogen and oxygen atoms in total. The van der Waals surface area contributed by atoms with Gasteiger partial charge in [0.25, 0.3) is 0 Å². The summed E-state index contributed by atoms with van der Waals surface area (Å²) in [5, 5.41) is 3.50. The molecule has 1 unspecified atom stereocenters. The fourth-order valence-electron chi connectivity index (χ4n) is 2.31. The molecule has 0 radical (unpaired) electrons. The van der Waals surface area contributed by atoms with E-state index in [1.165, 1.54) is 58.3 Å². The minimum Gasteiger partial charge on any atom is -0.314 e. The molecule has 14 heavy (non-hydrogen) atoms. The Balaban J connectivity index is 2.13. The maximum atomic E-state index is 3.50. The van der Waals surface area contributed by atoms with E-state index in [-0.39, 0.29) is 0 Å². The minimum absolute atomic E-state index is 0.811. The first-order valence-corrected chi connectivity index (χ1v) is 6.33. The van der Waals surface area contributed by atoms with Crippen LogP contribution in [0.15, 0.2) is 0 Å². The third-order valence-corrected chi connectivity index (χ3v) is 3.27. The molecule has 0 saturated carbocycles. The summed E-state index contributed by atoms with van der Waals surface area (Å²) >= 11 is 0. The maximum Gasteiger partial charge on any atom is 0.0221 e. The zero-order chi connectivity index (χ0) is 10.2. The lowest BCUT2D eigenvalue weighted by Crippen LogP contribution is -2.50. The van der Waals surface area contributed by atoms with Gasteiger partial charge in [-0.15, -0.1) is 0 Å². The molecule has 1 saturated heterocycles. The molecule has 1 aliphatic heterocycles. The molecule has 0 bridgehead atoms. The molecule has 0 aromatic heterocycles. The third kappa shape index (κ3) is 3.97. The lowest BCUT2D eigenvalue weighted by atomic mass is 10.0. The molecule has 0 amide bonds. The first-order valence-electron chi connectivity index (χ1n) is 6.33. The van der Waals surface area contributed by atoms with Crippen LogP contribution in [0, 0.1) is 0 Å². The highest BCUT2D eigenvalue weighted by Gasteiger charge is 2.19. The minimum atomic E-state index is 0.811. The summed E-state index contributed by atoms with van der Waals surface area (Å²) in [4.78, 5) is 2.63. The molecule has 0 spiro atoms. The van der Waals surface area contributed by atoms with Crippen LogP contribution >= 0.6 is 0 Å². The second-order valence-corrected chi connectivity index (χ2v) is 4.34. The summed E-state index contributed by atoms with van der Waals surface area (Å²) in [5.74, 6) is 0. The molecule has 1 fully saturated rings. The number of nitrogens with zero attached hydrogens (tertiary/aromatic N) is 1. The SMILES string of the molecule is CCCCCCC1CNCCN1CC. The van der Waals surface area contributed by atoms with Crippen LogP contribution < -0.4 is 5.32 Å². The highest BCUT2D eigenvalue weighted by Crippen LogP contribution is 2.12. The highest BCUT2D eigenvalue weighted by atomic mass is 15.2. The summed E-state index contributed by atoms with van der Waals surface area (Å²) in [6.45, 7) is 9.42. The van der Waals surface area contributed by atoms with Gasteiger partial charge in [0.15, 0.2) is 0 Å². The number of unbranched alkanes of at least 4 members (excludes halogenated alkanes) is 3. The van der Waals surface area contributed by atoms with Crippen LogP contribution in [-0.2, 0) is 0 Å². The van der Waals surface area contributed by atoms with E-state index in [9.17, 15) is 0 Å². The van der Waals surface area contributed by atoms with Gasteiger partial charge in [0.2, 0.25) is 0 Å². The van der Waals surface area contributed by atoms with Gasteiger partial charge in [-0.2, -0.15) is 0 Å². The number of hydrogen-bond donors (Lipinski definition) is 1. The van der Waals surface area contributed by atoms with Crippen LogP contribution in [0.5, 0.6) is 0 Å². The number of hydrogen-bond acceptors (Lipinski definition) is 2. The van der Waals surface area contributed by atoms with E-state index >= 15 is 0 Å². The maximum absolute atomic E-state index is 3.50. The molecular formula is C12H26N2. The van der Waals surface area contributed by atoms with Crippen molar-refractivity contribution in [2.45, 2.75) is 52.0 Å². The molecule has 1 rings (SSSR count). The normalized spacial score (nSPS) is 24.0. The van der Waals surface area contributed by atoms with Gasteiger partial charge in [-0.05, 0) is 13.0 Å². The van der Waals surface area contributed by atoms with Crippen molar-refractivity contribution in [3.63, 3.8) is 0 Å². The van der Waals surface area contributed by atoms with E-state index in [0.29, 0.717) is 0 Å². The van der Waals surface area contributed by atoms with E-state index < -0.39 is 0 Å². The third-order valence-electron chi connectivity index (χ3n) is 3.27.